The van der Waals surface area contributed by atoms with E-state index >= 15 is 0 Å². The number of hydrogen-bond donors (Lipinski definition) is 15. The Bertz CT molecular complexity index is 2610. The van der Waals surface area contributed by atoms with Crippen molar-refractivity contribution in [2.45, 2.75) is 266 Å². The Morgan fingerprint density at radius 2 is 1.05 bits per heavy atom. The summed E-state index contributed by atoms with van der Waals surface area (Å²) >= 11 is 4.99. The predicted octanol–water partition coefficient (Wildman–Crippen LogP) is -0.478. The summed E-state index contributed by atoms with van der Waals surface area (Å²) in [5.74, 6) is -2.82. The molecular formula is C64H115N7O27P2S. The van der Waals surface area contributed by atoms with Gasteiger partial charge in [0, 0.05) is 104 Å². The topological polar surface area (TPSA) is 510 Å². The van der Waals surface area contributed by atoms with Gasteiger partial charge in [-0.3, -0.25) is 47.4 Å². The second-order valence-corrected chi connectivity index (χ2v) is 30.5. The Kier molecular flexibility index (Phi) is 43.0. The van der Waals surface area contributed by atoms with E-state index in [2.05, 4.69) is 21.3 Å². The van der Waals surface area contributed by atoms with Crippen LogP contribution in [0.15, 0.2) is 0 Å². The second kappa shape index (κ2) is 48.5. The van der Waals surface area contributed by atoms with Crippen molar-refractivity contribution in [3.63, 3.8) is 0 Å². The molecule has 4 fully saturated rings. The minimum absolute atomic E-state index is 0.00666. The molecule has 0 aromatic rings. The fourth-order valence-electron chi connectivity index (χ4n) is 12.5. The van der Waals surface area contributed by atoms with Crippen LogP contribution < -0.4 is 27.0 Å². The number of nitrogens with two attached hydrogens (primary N) is 1. The molecular weight excluding hydrogens is 1390 g/mol. The molecule has 10 unspecified atom stereocenters. The summed E-state index contributed by atoms with van der Waals surface area (Å²) in [4.78, 5) is 127. The van der Waals surface area contributed by atoms with Crippen molar-refractivity contribution in [2.24, 2.45) is 11.7 Å². The lowest BCUT2D eigenvalue weighted by atomic mass is 9.93. The third-order valence-electron chi connectivity index (χ3n) is 17.9. The number of ketones is 2. The van der Waals surface area contributed by atoms with Crippen molar-refractivity contribution < 1.29 is 131 Å². The number of carbonyl (C=O) groups is 8. The quantitative estimate of drug-likeness (QED) is 0.0270. The summed E-state index contributed by atoms with van der Waals surface area (Å²) in [6.45, 7) is -2.70. The highest BCUT2D eigenvalue weighted by Gasteiger charge is 2.47. The van der Waals surface area contributed by atoms with E-state index in [1.165, 1.54) is 23.6 Å². The lowest BCUT2D eigenvalue weighted by Gasteiger charge is -2.42. The van der Waals surface area contributed by atoms with Crippen LogP contribution in [0.3, 0.4) is 0 Å². The van der Waals surface area contributed by atoms with Crippen molar-refractivity contribution in [3.8, 4) is 0 Å². The van der Waals surface area contributed by atoms with Crippen LogP contribution in [0.4, 0.5) is 0 Å². The summed E-state index contributed by atoms with van der Waals surface area (Å²) in [5.41, 5.74) is 5.59. The van der Waals surface area contributed by atoms with Gasteiger partial charge >= 0.3 is 14.5 Å². The number of Topliss-reactive ketones (excluding diaryl/α,β-unsaturated/α-hetero) is 2. The molecule has 34 nitrogen and oxygen atoms in total. The maximum Gasteiger partial charge on any atom is 0.472 e. The van der Waals surface area contributed by atoms with Gasteiger partial charge in [-0.2, -0.15) is 0 Å². The summed E-state index contributed by atoms with van der Waals surface area (Å²) in [6, 6.07) is -3.63. The number of nitrogens with one attached hydrogen (secondary N) is 4. The average Bonchev–Trinajstić information content (AvgIpc) is 1.04. The summed E-state index contributed by atoms with van der Waals surface area (Å²) in [7, 11) is -4.78. The molecule has 0 bridgehead atoms. The molecule has 0 spiro atoms. The third kappa shape index (κ3) is 34.2. The van der Waals surface area contributed by atoms with Gasteiger partial charge < -0.3 is 115 Å². The van der Waals surface area contributed by atoms with Gasteiger partial charge in [-0.15, -0.1) is 0 Å². The van der Waals surface area contributed by atoms with Crippen molar-refractivity contribution in [3.05, 3.63) is 0 Å². The van der Waals surface area contributed by atoms with E-state index in [0.717, 1.165) is 12.8 Å². The van der Waals surface area contributed by atoms with Gasteiger partial charge in [0.25, 0.3) is 0 Å². The van der Waals surface area contributed by atoms with Gasteiger partial charge in [0.1, 0.15) is 60.3 Å². The monoisotopic (exact) mass is 1510 g/mol. The van der Waals surface area contributed by atoms with Crippen LogP contribution in [-0.4, -0.2) is 279 Å². The molecule has 101 heavy (non-hydrogen) atoms. The van der Waals surface area contributed by atoms with Crippen LogP contribution in [0, 0.1) is 5.92 Å². The number of nitrogens with zero attached hydrogens (tertiary/aromatic N) is 2. The maximum absolute atomic E-state index is 13.6. The molecule has 0 aliphatic carbocycles. The fourth-order valence-corrected chi connectivity index (χ4v) is 14.6. The van der Waals surface area contributed by atoms with E-state index in [4.69, 9.17) is 59.7 Å². The molecule has 0 aromatic carbocycles. The predicted molar refractivity (Wildman–Crippen MR) is 364 cm³/mol. The van der Waals surface area contributed by atoms with E-state index < -0.39 is 144 Å². The highest BCUT2D eigenvalue weighted by molar-refractivity contribution is 8.07. The molecule has 4 rings (SSSR count). The SMILES string of the molecule is CC(=O)NC1C(O)C(O)C(CO)O[C@H]1OCCCCC(=O)NCCCC[C@H](CC(=O)CCCCOC1OC(CO)[C@H](O)[C@H](O)[C@H]1NC(C)=O)C(=O)NCCCCCC(=O)CCCCCCC(=O)N1C[C@H](O)CC1COP(=O)(O)O[C@@H]1CC(COP(O)(=S)OCCO)N(C(=O)CCCCCN)C1. The lowest BCUT2D eigenvalue weighted by Crippen LogP contribution is -2.64. The van der Waals surface area contributed by atoms with Crippen LogP contribution in [0.1, 0.15) is 181 Å². The second-order valence-electron chi connectivity index (χ2n) is 26.3. The molecule has 4 aliphatic rings. The number of rotatable bonds is 53. The first-order valence-corrected chi connectivity index (χ1v) is 39.7. The number of amides is 6. The highest BCUT2D eigenvalue weighted by atomic mass is 32.5. The smallest absolute Gasteiger partial charge is 0.394 e. The minimum atomic E-state index is -4.78. The zero-order valence-electron chi connectivity index (χ0n) is 58.4. The Balaban J connectivity index is 1.15. The number of aliphatic hydroxyl groups is 8. The van der Waals surface area contributed by atoms with Crippen molar-refractivity contribution in [2.75, 3.05) is 85.6 Å². The molecule has 4 heterocycles. The number of unbranched alkanes of at least 4 members (excludes halogenated alkanes) is 10. The molecule has 4 saturated heterocycles. The van der Waals surface area contributed by atoms with Gasteiger partial charge in [-0.25, -0.2) is 4.57 Å². The van der Waals surface area contributed by atoms with E-state index in [1.54, 1.807) is 0 Å². The number of β-amino-alcohol motifs (C(OH)–C–C–N with tert-alkyl or cyclic N) is 1. The molecule has 6 amide bonds. The summed E-state index contributed by atoms with van der Waals surface area (Å²) < 4.78 is 57.3. The Morgan fingerprint density at radius 1 is 0.564 bits per heavy atom. The normalized spacial score (nSPS) is 26.7. The molecule has 4 aliphatic heterocycles. The summed E-state index contributed by atoms with van der Waals surface area (Å²) in [6.07, 6.45) is -1.76. The van der Waals surface area contributed by atoms with E-state index in [-0.39, 0.29) is 120 Å². The summed E-state index contributed by atoms with van der Waals surface area (Å²) in [5, 5.41) is 91.2. The number of phosphoric acid groups is 1. The zero-order valence-corrected chi connectivity index (χ0v) is 61.0. The van der Waals surface area contributed by atoms with Gasteiger partial charge in [-0.05, 0) is 108 Å². The minimum Gasteiger partial charge on any atom is -0.394 e. The maximum atomic E-state index is 13.6. The molecule has 0 aromatic heterocycles. The van der Waals surface area contributed by atoms with Crippen LogP contribution in [0.5, 0.6) is 0 Å². The van der Waals surface area contributed by atoms with Gasteiger partial charge in [0.05, 0.1) is 63.9 Å². The molecule has 584 valence electrons. The number of ether oxygens (including phenoxy) is 4. The number of hydrogen-bond acceptors (Lipinski definition) is 27. The molecule has 17 atom stereocenters. The van der Waals surface area contributed by atoms with Gasteiger partial charge in [-0.1, -0.05) is 32.1 Å². The highest BCUT2D eigenvalue weighted by Crippen LogP contribution is 2.48. The third-order valence-corrected chi connectivity index (χ3v) is 20.5. The Morgan fingerprint density at radius 3 is 1.60 bits per heavy atom. The first-order valence-electron chi connectivity index (χ1n) is 35.6. The van der Waals surface area contributed by atoms with Crippen LogP contribution in [-0.2, 0) is 91.8 Å². The van der Waals surface area contributed by atoms with Crippen LogP contribution >= 0.6 is 14.5 Å². The standard InChI is InChI=1S/C64H115N7O27P2S/c1-42(75)68-56-60(85)58(83)51(38-73)96-63(56)91-30-17-12-22-48(78)33-44(19-11-16-27-66-53(80)23-13-18-31-92-64-57(69-43(2)76)61(86)59(84)52(39-74)97-64)62(87)67-28-15-6-8-21-47(77)20-7-3-4-9-24-54(81)70-36-49(79)34-45(70)40-94-99(88,89)98-50-35-46(41-95-100(90,101)93-32-29-72)71(37-50)55(82)25-10-5-14-26-65/h44-46,49-52,56-61,63-64,72-74,79,83-86H,3-41,65H2,1-2H3,(H,66,80)(H,67,87)(H,68,75)(H,69,76)(H,88,89)(H,90,101)/t44-,45?,46?,49-,50-,51?,52?,56-,57?,58+,59?,60-,61?,63?,64-,100?/m1/s1. The van der Waals surface area contributed by atoms with Gasteiger partial charge in [0.2, 0.25) is 35.4 Å². The van der Waals surface area contributed by atoms with Crippen LogP contribution in [0.2, 0.25) is 0 Å². The van der Waals surface area contributed by atoms with Crippen molar-refractivity contribution >= 4 is 73.4 Å². The number of carbonyl (C=O) groups excluding carboxylic acids is 8. The number of aliphatic hydroxyl groups excluding tert-OH is 8. The van der Waals surface area contributed by atoms with Gasteiger partial charge in [0.15, 0.2) is 12.6 Å². The van der Waals surface area contributed by atoms with E-state index in [0.29, 0.717) is 129 Å². The van der Waals surface area contributed by atoms with E-state index in [9.17, 15) is 88.5 Å². The number of phosphoric ester groups is 1. The largest absolute Gasteiger partial charge is 0.472 e. The fraction of sp³-hybridized carbons (Fsp3) is 0.875. The molecule has 16 N–H and O–H groups in total. The molecule has 0 saturated carbocycles. The first-order chi connectivity index (χ1) is 48.1. The van der Waals surface area contributed by atoms with Crippen molar-refractivity contribution in [1.82, 2.24) is 31.1 Å². The zero-order chi connectivity index (χ0) is 74.5. The van der Waals surface area contributed by atoms with Crippen LogP contribution in [0.25, 0.3) is 0 Å². The van der Waals surface area contributed by atoms with Crippen molar-refractivity contribution in [1.29, 1.82) is 0 Å². The lowest BCUT2D eigenvalue weighted by molar-refractivity contribution is -0.270. The molecule has 37 heteroatoms. The Labute approximate surface area is 596 Å². The number of likely N-dealkylation sites (tertiary alicyclic amines) is 2. The molecule has 0 radical (unpaired) electrons. The first kappa shape index (κ1) is 89.7. The average molecular weight is 1510 g/mol. The van der Waals surface area contributed by atoms with E-state index in [1.807, 2.05) is 0 Å². The Hall–Kier alpha value is -3.72.